The standard InChI is InChI=1S/C14H19F2N3O2/c1-9(2)19(6-5-13(17)18-21)14(20)8-10-3-4-11(15)12(16)7-10/h3-4,7,9,21H,5-6,8H2,1-2H3,(H2,17,18). The highest BCUT2D eigenvalue weighted by molar-refractivity contribution is 5.82. The van der Waals surface area contributed by atoms with Gasteiger partial charge in [0.1, 0.15) is 5.84 Å². The van der Waals surface area contributed by atoms with E-state index in [-0.39, 0.29) is 37.2 Å². The van der Waals surface area contributed by atoms with Crippen molar-refractivity contribution in [3.63, 3.8) is 0 Å². The zero-order valence-corrected chi connectivity index (χ0v) is 12.0. The summed E-state index contributed by atoms with van der Waals surface area (Å²) in [5.74, 6) is -2.13. The third-order valence-electron chi connectivity index (χ3n) is 3.02. The molecule has 21 heavy (non-hydrogen) atoms. The van der Waals surface area contributed by atoms with Crippen molar-refractivity contribution in [1.29, 1.82) is 0 Å². The van der Waals surface area contributed by atoms with Crippen LogP contribution in [0.25, 0.3) is 0 Å². The molecule has 0 fully saturated rings. The first-order valence-electron chi connectivity index (χ1n) is 6.55. The van der Waals surface area contributed by atoms with E-state index in [4.69, 9.17) is 10.9 Å². The van der Waals surface area contributed by atoms with Crippen molar-refractivity contribution in [1.82, 2.24) is 4.90 Å². The first-order chi connectivity index (χ1) is 9.85. The van der Waals surface area contributed by atoms with Crippen LogP contribution in [0.3, 0.4) is 0 Å². The Hall–Kier alpha value is -2.18. The highest BCUT2D eigenvalue weighted by Crippen LogP contribution is 2.11. The van der Waals surface area contributed by atoms with E-state index in [1.54, 1.807) is 4.90 Å². The highest BCUT2D eigenvalue weighted by Gasteiger charge is 2.18. The molecule has 0 spiro atoms. The summed E-state index contributed by atoms with van der Waals surface area (Å²) in [5.41, 5.74) is 5.78. The Labute approximate surface area is 122 Å². The van der Waals surface area contributed by atoms with Crippen molar-refractivity contribution in [2.75, 3.05) is 6.54 Å². The average molecular weight is 299 g/mol. The lowest BCUT2D eigenvalue weighted by Crippen LogP contribution is -2.40. The Balaban J connectivity index is 2.74. The minimum Gasteiger partial charge on any atom is -0.409 e. The van der Waals surface area contributed by atoms with Gasteiger partial charge in [-0.05, 0) is 31.5 Å². The Morgan fingerprint density at radius 3 is 2.57 bits per heavy atom. The molecule has 0 aliphatic rings. The maximum absolute atomic E-state index is 13.1. The van der Waals surface area contributed by atoms with Crippen LogP contribution in [-0.4, -0.2) is 34.4 Å². The molecule has 7 heteroatoms. The summed E-state index contributed by atoms with van der Waals surface area (Å²) >= 11 is 0. The number of carbonyl (C=O) groups is 1. The van der Waals surface area contributed by atoms with Gasteiger partial charge in [-0.2, -0.15) is 0 Å². The molecule has 116 valence electrons. The molecule has 0 atom stereocenters. The quantitative estimate of drug-likeness (QED) is 0.364. The van der Waals surface area contributed by atoms with E-state index in [2.05, 4.69) is 5.16 Å². The molecule has 0 unspecified atom stereocenters. The number of amidine groups is 1. The lowest BCUT2D eigenvalue weighted by atomic mass is 10.1. The minimum atomic E-state index is -0.979. The fourth-order valence-electron chi connectivity index (χ4n) is 1.88. The van der Waals surface area contributed by atoms with Crippen LogP contribution >= 0.6 is 0 Å². The summed E-state index contributed by atoms with van der Waals surface area (Å²) in [5, 5.41) is 11.3. The third kappa shape index (κ3) is 5.02. The number of oxime groups is 1. The summed E-state index contributed by atoms with van der Waals surface area (Å²) in [6, 6.07) is 3.29. The van der Waals surface area contributed by atoms with Crippen LogP contribution in [0.1, 0.15) is 25.8 Å². The topological polar surface area (TPSA) is 78.9 Å². The van der Waals surface area contributed by atoms with Gasteiger partial charge in [-0.3, -0.25) is 4.79 Å². The van der Waals surface area contributed by atoms with Crippen LogP contribution in [0.5, 0.6) is 0 Å². The fraction of sp³-hybridized carbons (Fsp3) is 0.429. The number of hydrogen-bond donors (Lipinski definition) is 2. The van der Waals surface area contributed by atoms with Gasteiger partial charge in [-0.15, -0.1) is 0 Å². The summed E-state index contributed by atoms with van der Waals surface area (Å²) in [6.45, 7) is 3.95. The molecule has 1 rings (SSSR count). The largest absolute Gasteiger partial charge is 0.409 e. The number of rotatable bonds is 6. The van der Waals surface area contributed by atoms with Crippen molar-refractivity contribution >= 4 is 11.7 Å². The van der Waals surface area contributed by atoms with E-state index in [0.29, 0.717) is 5.56 Å². The Kier molecular flexibility index (Phi) is 6.08. The number of hydrogen-bond acceptors (Lipinski definition) is 3. The molecule has 1 aromatic carbocycles. The number of carbonyl (C=O) groups excluding carboxylic acids is 1. The first kappa shape index (κ1) is 16.9. The predicted molar refractivity (Wildman–Crippen MR) is 74.9 cm³/mol. The second kappa shape index (κ2) is 7.56. The summed E-state index contributed by atoms with van der Waals surface area (Å²) in [4.78, 5) is 13.8. The number of nitrogens with zero attached hydrogens (tertiary/aromatic N) is 2. The molecule has 5 nitrogen and oxygen atoms in total. The third-order valence-corrected chi connectivity index (χ3v) is 3.02. The SMILES string of the molecule is CC(C)N(CC/C(N)=N/O)C(=O)Cc1ccc(F)c(F)c1. The van der Waals surface area contributed by atoms with Gasteiger partial charge in [-0.1, -0.05) is 11.2 Å². The monoisotopic (exact) mass is 299 g/mol. The van der Waals surface area contributed by atoms with Crippen LogP contribution < -0.4 is 5.73 Å². The minimum absolute atomic E-state index is 0.0290. The van der Waals surface area contributed by atoms with Crippen LogP contribution in [0.2, 0.25) is 0 Å². The van der Waals surface area contributed by atoms with Crippen molar-refractivity contribution < 1.29 is 18.8 Å². The first-order valence-corrected chi connectivity index (χ1v) is 6.55. The molecular weight excluding hydrogens is 280 g/mol. The molecule has 0 saturated carbocycles. The Bertz CT molecular complexity index is 533. The Morgan fingerprint density at radius 2 is 2.05 bits per heavy atom. The highest BCUT2D eigenvalue weighted by atomic mass is 19.2. The molecule has 3 N–H and O–H groups in total. The maximum atomic E-state index is 13.1. The van der Waals surface area contributed by atoms with Gasteiger partial charge in [0.15, 0.2) is 11.6 Å². The Morgan fingerprint density at radius 1 is 1.38 bits per heavy atom. The van der Waals surface area contributed by atoms with E-state index in [1.165, 1.54) is 6.07 Å². The van der Waals surface area contributed by atoms with Crippen molar-refractivity contribution in [2.24, 2.45) is 10.9 Å². The van der Waals surface area contributed by atoms with E-state index in [0.717, 1.165) is 12.1 Å². The van der Waals surface area contributed by atoms with E-state index >= 15 is 0 Å². The zero-order chi connectivity index (χ0) is 16.0. The summed E-state index contributed by atoms with van der Waals surface area (Å²) < 4.78 is 26.0. The van der Waals surface area contributed by atoms with Gasteiger partial charge in [0.2, 0.25) is 5.91 Å². The lowest BCUT2D eigenvalue weighted by molar-refractivity contribution is -0.132. The second-order valence-electron chi connectivity index (χ2n) is 4.95. The lowest BCUT2D eigenvalue weighted by Gasteiger charge is -2.26. The normalized spacial score (nSPS) is 11.8. The van der Waals surface area contributed by atoms with Crippen LogP contribution in [0.4, 0.5) is 8.78 Å². The van der Waals surface area contributed by atoms with Gasteiger partial charge in [-0.25, -0.2) is 8.78 Å². The van der Waals surface area contributed by atoms with Gasteiger partial charge in [0, 0.05) is 19.0 Å². The molecule has 0 bridgehead atoms. The van der Waals surface area contributed by atoms with Crippen molar-refractivity contribution in [3.8, 4) is 0 Å². The van der Waals surface area contributed by atoms with E-state index in [9.17, 15) is 13.6 Å². The number of nitrogens with two attached hydrogens (primary N) is 1. The fourth-order valence-corrected chi connectivity index (χ4v) is 1.88. The number of halogens is 2. The van der Waals surface area contributed by atoms with Crippen LogP contribution in [0.15, 0.2) is 23.4 Å². The van der Waals surface area contributed by atoms with Crippen LogP contribution in [-0.2, 0) is 11.2 Å². The van der Waals surface area contributed by atoms with E-state index < -0.39 is 11.6 Å². The summed E-state index contributed by atoms with van der Waals surface area (Å²) in [6.07, 6.45) is 0.198. The molecule has 0 saturated heterocycles. The molecular formula is C14H19F2N3O2. The molecule has 1 aromatic rings. The van der Waals surface area contributed by atoms with Crippen molar-refractivity contribution in [3.05, 3.63) is 35.4 Å². The molecule has 0 heterocycles. The molecule has 0 aromatic heterocycles. The molecule has 0 radical (unpaired) electrons. The van der Waals surface area contributed by atoms with Crippen molar-refractivity contribution in [2.45, 2.75) is 32.7 Å². The summed E-state index contributed by atoms with van der Waals surface area (Å²) in [7, 11) is 0. The van der Waals surface area contributed by atoms with E-state index in [1.807, 2.05) is 13.8 Å². The van der Waals surface area contributed by atoms with Gasteiger partial charge in [0.05, 0.1) is 6.42 Å². The van der Waals surface area contributed by atoms with Gasteiger partial charge >= 0.3 is 0 Å². The second-order valence-corrected chi connectivity index (χ2v) is 4.95. The molecule has 1 amide bonds. The molecule has 0 aliphatic carbocycles. The zero-order valence-electron chi connectivity index (χ0n) is 12.0. The smallest absolute Gasteiger partial charge is 0.227 e. The molecule has 0 aliphatic heterocycles. The van der Waals surface area contributed by atoms with Crippen LogP contribution in [0, 0.1) is 11.6 Å². The maximum Gasteiger partial charge on any atom is 0.227 e. The predicted octanol–water partition coefficient (Wildman–Crippen LogP) is 1.88. The van der Waals surface area contributed by atoms with Gasteiger partial charge < -0.3 is 15.8 Å². The van der Waals surface area contributed by atoms with Gasteiger partial charge in [0.25, 0.3) is 0 Å². The number of amides is 1. The number of benzene rings is 1. The average Bonchev–Trinajstić information content (AvgIpc) is 2.42.